The third-order valence-corrected chi connectivity index (χ3v) is 11.4. The van der Waals surface area contributed by atoms with Gasteiger partial charge in [0.25, 0.3) is 0 Å². The number of rotatable bonds is 6. The fraction of sp³-hybridized carbons (Fsp3) is 0.286. The number of halogens is 3. The number of hydrogen-bond donors (Lipinski definition) is 1. The van der Waals surface area contributed by atoms with Gasteiger partial charge >= 0.3 is 0 Å². The van der Waals surface area contributed by atoms with Crippen molar-refractivity contribution in [2.24, 2.45) is 13.0 Å². The normalized spacial score (nSPS) is 19.0. The van der Waals surface area contributed by atoms with Crippen LogP contribution in [0.4, 0.5) is 20.2 Å². The molecule has 7 aromatic heterocycles. The van der Waals surface area contributed by atoms with Crippen molar-refractivity contribution in [2.45, 2.75) is 38.8 Å². The van der Waals surface area contributed by atoms with Gasteiger partial charge < -0.3 is 19.5 Å². The SMILES string of the molecule is Cc1cn2cc(-c3ccc4cc(N5CC(C)NC(CC6CCN(c7cnc8nc(-c9cc(F)c%10nn(C)cc%10c9)cc(Cl)c8c7)C6)C5)cnc4n3)cc(F)c2n1. The number of piperazine rings is 1. The quantitative estimate of drug-likeness (QED) is 0.182. The van der Waals surface area contributed by atoms with E-state index in [1.165, 1.54) is 12.1 Å². The molecule has 9 heterocycles. The first-order valence-corrected chi connectivity index (χ1v) is 19.3. The van der Waals surface area contributed by atoms with Crippen molar-refractivity contribution in [1.29, 1.82) is 0 Å². The smallest absolute Gasteiger partial charge is 0.173 e. The minimum Gasteiger partial charge on any atom is -0.370 e. The van der Waals surface area contributed by atoms with E-state index in [2.05, 4.69) is 44.3 Å². The van der Waals surface area contributed by atoms with Crippen molar-refractivity contribution in [3.8, 4) is 22.5 Å². The van der Waals surface area contributed by atoms with Gasteiger partial charge in [0.2, 0.25) is 0 Å². The van der Waals surface area contributed by atoms with Gasteiger partial charge in [0.15, 0.2) is 28.6 Å². The fourth-order valence-corrected chi connectivity index (χ4v) is 8.83. The lowest BCUT2D eigenvalue weighted by molar-refractivity contribution is 0.333. The van der Waals surface area contributed by atoms with E-state index >= 15 is 0 Å². The Kier molecular flexibility index (Phi) is 8.33. The summed E-state index contributed by atoms with van der Waals surface area (Å²) in [5.41, 5.74) is 7.15. The van der Waals surface area contributed by atoms with Crippen LogP contribution in [-0.4, -0.2) is 77.4 Å². The van der Waals surface area contributed by atoms with Crippen molar-refractivity contribution in [3.05, 3.63) is 102 Å². The van der Waals surface area contributed by atoms with Crippen LogP contribution in [0.3, 0.4) is 0 Å². The molecular formula is C42H38ClF2N11. The standard InChI is InChI=1S/C42H38ClF2N11/c1-23-17-55(31-10-26-4-5-37(50-40(26)46-15-31)28-12-36(45)42-49-24(2)18-56(42)21-28)22-30(48-23)8-25-6-7-54(19-25)32-13-33-34(43)14-38(51-41(33)47-16-32)27-9-29-20-53(3)52-39(29)35(44)11-27/h4-5,9-16,18,20-21,23,25,30,48H,6-8,17,19,22H2,1-3H3. The van der Waals surface area contributed by atoms with Crippen LogP contribution in [0.5, 0.6) is 0 Å². The fourth-order valence-electron chi connectivity index (χ4n) is 8.58. The van der Waals surface area contributed by atoms with E-state index in [1.54, 1.807) is 28.4 Å². The van der Waals surface area contributed by atoms with Crippen molar-refractivity contribution in [2.75, 3.05) is 36.0 Å². The molecule has 11 nitrogen and oxygen atoms in total. The molecule has 0 aliphatic carbocycles. The molecule has 56 heavy (non-hydrogen) atoms. The third kappa shape index (κ3) is 6.34. The molecule has 2 aliphatic rings. The molecule has 0 amide bonds. The van der Waals surface area contributed by atoms with Crippen LogP contribution in [0.25, 0.3) is 61.1 Å². The van der Waals surface area contributed by atoms with E-state index < -0.39 is 5.82 Å². The highest BCUT2D eigenvalue weighted by molar-refractivity contribution is 6.35. The summed E-state index contributed by atoms with van der Waals surface area (Å²) in [6.45, 7) is 7.70. The highest BCUT2D eigenvalue weighted by atomic mass is 35.5. The summed E-state index contributed by atoms with van der Waals surface area (Å²) in [4.78, 5) is 28.1. The number of aryl methyl sites for hydroxylation is 2. The van der Waals surface area contributed by atoms with Gasteiger partial charge in [-0.15, -0.1) is 0 Å². The van der Waals surface area contributed by atoms with E-state index in [1.807, 2.05) is 49.9 Å². The zero-order chi connectivity index (χ0) is 38.2. The van der Waals surface area contributed by atoms with Gasteiger partial charge in [-0.3, -0.25) is 4.68 Å². The molecule has 1 aromatic carbocycles. The minimum absolute atomic E-state index is 0.306. The highest BCUT2D eigenvalue weighted by Crippen LogP contribution is 2.34. The number of aromatic nitrogens is 8. The molecule has 282 valence electrons. The largest absolute Gasteiger partial charge is 0.370 e. The highest BCUT2D eigenvalue weighted by Gasteiger charge is 2.31. The number of hydrogen-bond acceptors (Lipinski definition) is 9. The zero-order valence-corrected chi connectivity index (χ0v) is 31.8. The Morgan fingerprint density at radius 1 is 0.804 bits per heavy atom. The van der Waals surface area contributed by atoms with Gasteiger partial charge in [0.05, 0.1) is 45.9 Å². The average molecular weight is 770 g/mol. The van der Waals surface area contributed by atoms with Crippen molar-refractivity contribution in [1.82, 2.24) is 44.4 Å². The van der Waals surface area contributed by atoms with Crippen molar-refractivity contribution in [3.63, 3.8) is 0 Å². The topological polar surface area (TPSA) is 105 Å². The molecule has 3 atom stereocenters. The summed E-state index contributed by atoms with van der Waals surface area (Å²) in [6.07, 6.45) is 11.3. The second-order valence-electron chi connectivity index (χ2n) is 15.4. The first kappa shape index (κ1) is 34.7. The number of nitrogens with one attached hydrogen (secondary N) is 1. The third-order valence-electron chi connectivity index (χ3n) is 11.1. The number of anilines is 2. The molecule has 0 radical (unpaired) electrons. The molecule has 8 aromatic rings. The van der Waals surface area contributed by atoms with Crippen molar-refractivity contribution >= 4 is 61.6 Å². The van der Waals surface area contributed by atoms with Gasteiger partial charge in [-0.25, -0.2) is 33.7 Å². The monoisotopic (exact) mass is 769 g/mol. The molecule has 0 bridgehead atoms. The van der Waals surface area contributed by atoms with E-state index in [0.29, 0.717) is 73.4 Å². The Balaban J connectivity index is 0.817. The van der Waals surface area contributed by atoms with Crippen LogP contribution in [0.2, 0.25) is 5.02 Å². The van der Waals surface area contributed by atoms with Gasteiger partial charge in [0.1, 0.15) is 5.52 Å². The Morgan fingerprint density at radius 3 is 2.48 bits per heavy atom. The second-order valence-corrected chi connectivity index (χ2v) is 15.8. The molecule has 0 saturated carbocycles. The van der Waals surface area contributed by atoms with E-state index in [4.69, 9.17) is 31.5 Å². The Hall–Kier alpha value is -5.79. The predicted molar refractivity (Wildman–Crippen MR) is 216 cm³/mol. The maximum atomic E-state index is 14.9. The number of pyridine rings is 5. The molecular weight excluding hydrogens is 732 g/mol. The lowest BCUT2D eigenvalue weighted by atomic mass is 9.96. The molecule has 2 saturated heterocycles. The molecule has 3 unspecified atom stereocenters. The molecule has 0 spiro atoms. The predicted octanol–water partition coefficient (Wildman–Crippen LogP) is 7.76. The van der Waals surface area contributed by atoms with Crippen LogP contribution >= 0.6 is 11.6 Å². The summed E-state index contributed by atoms with van der Waals surface area (Å²) >= 11 is 6.83. The average Bonchev–Trinajstić information content (AvgIpc) is 3.92. The number of fused-ring (bicyclic) bond motifs is 4. The summed E-state index contributed by atoms with van der Waals surface area (Å²) in [5.74, 6) is -0.272. The summed E-state index contributed by atoms with van der Waals surface area (Å²) in [6, 6.07) is 15.4. The molecule has 2 aliphatic heterocycles. The Labute approximate surface area is 326 Å². The lowest BCUT2D eigenvalue weighted by Gasteiger charge is -2.40. The van der Waals surface area contributed by atoms with Gasteiger partial charge in [-0.05, 0) is 81.1 Å². The van der Waals surface area contributed by atoms with Gasteiger partial charge in [0, 0.05) is 91.2 Å². The van der Waals surface area contributed by atoms with Crippen LogP contribution < -0.4 is 15.1 Å². The van der Waals surface area contributed by atoms with E-state index in [0.717, 1.165) is 66.9 Å². The maximum absolute atomic E-state index is 14.9. The first-order chi connectivity index (χ1) is 27.1. The van der Waals surface area contributed by atoms with Gasteiger partial charge in [-0.2, -0.15) is 5.10 Å². The Morgan fingerprint density at radius 2 is 1.61 bits per heavy atom. The summed E-state index contributed by atoms with van der Waals surface area (Å²) < 4.78 is 33.0. The van der Waals surface area contributed by atoms with E-state index in [9.17, 15) is 8.78 Å². The molecule has 2 fully saturated rings. The Bertz CT molecular complexity index is 2840. The number of benzene rings is 1. The molecule has 14 heteroatoms. The maximum Gasteiger partial charge on any atom is 0.173 e. The zero-order valence-electron chi connectivity index (χ0n) is 31.1. The van der Waals surface area contributed by atoms with Crippen molar-refractivity contribution < 1.29 is 8.78 Å². The summed E-state index contributed by atoms with van der Waals surface area (Å²) in [7, 11) is 1.77. The second kappa shape index (κ2) is 13.5. The van der Waals surface area contributed by atoms with E-state index in [-0.39, 0.29) is 5.82 Å². The minimum atomic E-state index is -0.400. The number of imidazole rings is 1. The molecule has 10 rings (SSSR count). The first-order valence-electron chi connectivity index (χ1n) is 18.9. The number of nitrogens with zero attached hydrogens (tertiary/aromatic N) is 10. The lowest BCUT2D eigenvalue weighted by Crippen LogP contribution is -2.56. The van der Waals surface area contributed by atoms with Crippen LogP contribution in [-0.2, 0) is 7.05 Å². The van der Waals surface area contributed by atoms with Crippen LogP contribution in [0.1, 0.15) is 25.5 Å². The van der Waals surface area contributed by atoms with Crippen LogP contribution in [0.15, 0.2) is 79.5 Å². The van der Waals surface area contributed by atoms with Gasteiger partial charge in [-0.1, -0.05) is 11.6 Å². The van der Waals surface area contributed by atoms with Crippen LogP contribution in [0, 0.1) is 24.5 Å². The summed E-state index contributed by atoms with van der Waals surface area (Å²) in [5, 5.41) is 11.0. The molecule has 1 N–H and O–H groups in total.